The summed E-state index contributed by atoms with van der Waals surface area (Å²) in [6.45, 7) is 0.294. The quantitative estimate of drug-likeness (QED) is 0.366. The molecule has 1 fully saturated rings. The van der Waals surface area contributed by atoms with Crippen molar-refractivity contribution < 1.29 is 22.4 Å². The predicted molar refractivity (Wildman–Crippen MR) is 127 cm³/mol. The number of rotatable bonds is 4. The van der Waals surface area contributed by atoms with Crippen LogP contribution in [0.5, 0.6) is 0 Å². The standard InChI is InChI=1S/C26H20F3N7O2/c27-26(28,29)15-4-3-10-36-19(15)12-18(34-36)22-21-16(31-13-32-21)8-11-35(22)25(37)23-20(14-6-7-14)33-24(38-23)17-5-1-2-9-30-17/h1-5,9-10,12-14,22H,6-8,11H2,(H,31,32)/t22-/m0/s1. The predicted octanol–water partition coefficient (Wildman–Crippen LogP) is 4.79. The number of nitrogens with zero attached hydrogens (tertiary/aromatic N) is 6. The van der Waals surface area contributed by atoms with Gasteiger partial charge in [-0.2, -0.15) is 18.3 Å². The highest BCUT2D eigenvalue weighted by Gasteiger charge is 2.42. The van der Waals surface area contributed by atoms with Crippen LogP contribution in [0.4, 0.5) is 13.2 Å². The number of hydrogen-bond donors (Lipinski definition) is 1. The number of amides is 1. The Labute approximate surface area is 213 Å². The van der Waals surface area contributed by atoms with Crippen LogP contribution in [0.1, 0.15) is 63.7 Å². The Morgan fingerprint density at radius 2 is 1.97 bits per heavy atom. The lowest BCUT2D eigenvalue weighted by Crippen LogP contribution is -2.41. The first-order chi connectivity index (χ1) is 18.4. The summed E-state index contributed by atoms with van der Waals surface area (Å²) < 4.78 is 48.3. The molecule has 0 radical (unpaired) electrons. The van der Waals surface area contributed by atoms with Crippen molar-refractivity contribution in [2.45, 2.75) is 37.4 Å². The van der Waals surface area contributed by atoms with E-state index in [1.807, 2.05) is 6.07 Å². The monoisotopic (exact) mass is 519 g/mol. The maximum Gasteiger partial charge on any atom is 0.418 e. The molecule has 5 aromatic heterocycles. The van der Waals surface area contributed by atoms with Gasteiger partial charge in [-0.25, -0.2) is 14.5 Å². The van der Waals surface area contributed by atoms with Crippen molar-refractivity contribution in [3.63, 3.8) is 0 Å². The van der Waals surface area contributed by atoms with E-state index in [1.165, 1.54) is 29.2 Å². The summed E-state index contributed by atoms with van der Waals surface area (Å²) >= 11 is 0. The molecule has 0 spiro atoms. The molecule has 5 aromatic rings. The van der Waals surface area contributed by atoms with E-state index in [0.29, 0.717) is 30.0 Å². The molecular weight excluding hydrogens is 499 g/mol. The van der Waals surface area contributed by atoms with Crippen molar-refractivity contribution in [1.29, 1.82) is 0 Å². The van der Waals surface area contributed by atoms with Gasteiger partial charge in [-0.3, -0.25) is 9.78 Å². The molecule has 0 bridgehead atoms. The van der Waals surface area contributed by atoms with Gasteiger partial charge in [-0.05, 0) is 43.2 Å². The van der Waals surface area contributed by atoms with E-state index in [0.717, 1.165) is 24.6 Å². The number of imidazole rings is 1. The van der Waals surface area contributed by atoms with Gasteiger partial charge in [0, 0.05) is 37.0 Å². The number of oxazole rings is 1. The van der Waals surface area contributed by atoms with Crippen LogP contribution in [0.15, 0.2) is 59.5 Å². The normalized spacial score (nSPS) is 17.7. The van der Waals surface area contributed by atoms with E-state index in [4.69, 9.17) is 4.42 Å². The second-order valence-corrected chi connectivity index (χ2v) is 9.46. The van der Waals surface area contributed by atoms with Crippen LogP contribution < -0.4 is 0 Å². The van der Waals surface area contributed by atoms with Gasteiger partial charge >= 0.3 is 6.18 Å². The second kappa shape index (κ2) is 8.27. The maximum absolute atomic E-state index is 14.1. The molecule has 1 saturated carbocycles. The van der Waals surface area contributed by atoms with Crippen LogP contribution in [-0.4, -0.2) is 46.9 Å². The SMILES string of the molecule is O=C(c1oc(-c2ccccn2)nc1C1CC1)N1CCc2[nH]cnc2[C@@H]1c1cc2c(C(F)(F)F)cccn2n1. The van der Waals surface area contributed by atoms with Gasteiger partial charge in [0.05, 0.1) is 34.5 Å². The van der Waals surface area contributed by atoms with E-state index in [1.54, 1.807) is 23.2 Å². The number of pyridine rings is 2. The third kappa shape index (κ3) is 3.66. The van der Waals surface area contributed by atoms with E-state index >= 15 is 0 Å². The molecule has 0 aromatic carbocycles. The van der Waals surface area contributed by atoms with Crippen molar-refractivity contribution in [3.8, 4) is 11.6 Å². The highest BCUT2D eigenvalue weighted by Crippen LogP contribution is 2.44. The van der Waals surface area contributed by atoms with Crippen molar-refractivity contribution in [2.75, 3.05) is 6.54 Å². The molecule has 0 saturated heterocycles. The molecule has 1 aliphatic heterocycles. The van der Waals surface area contributed by atoms with Crippen molar-refractivity contribution in [3.05, 3.63) is 89.2 Å². The molecule has 1 N–H and O–H groups in total. The molecule has 1 aliphatic carbocycles. The maximum atomic E-state index is 14.1. The Kier molecular flexibility index (Phi) is 4.94. The third-order valence-electron chi connectivity index (χ3n) is 6.99. The molecule has 1 atom stereocenters. The molecule has 192 valence electrons. The highest BCUT2D eigenvalue weighted by atomic mass is 19.4. The number of alkyl halides is 3. The van der Waals surface area contributed by atoms with Crippen LogP contribution >= 0.6 is 0 Å². The molecule has 6 heterocycles. The molecule has 0 unspecified atom stereocenters. The largest absolute Gasteiger partial charge is 0.429 e. The van der Waals surface area contributed by atoms with E-state index in [-0.39, 0.29) is 28.8 Å². The van der Waals surface area contributed by atoms with Crippen LogP contribution in [-0.2, 0) is 12.6 Å². The Bertz CT molecular complexity index is 1670. The second-order valence-electron chi connectivity index (χ2n) is 9.46. The number of nitrogens with one attached hydrogen (secondary N) is 1. The molecule has 9 nitrogen and oxygen atoms in total. The van der Waals surface area contributed by atoms with Gasteiger partial charge in [-0.1, -0.05) is 6.07 Å². The van der Waals surface area contributed by atoms with Gasteiger partial charge in [0.25, 0.3) is 5.91 Å². The summed E-state index contributed by atoms with van der Waals surface area (Å²) in [5, 5.41) is 4.45. The van der Waals surface area contributed by atoms with E-state index in [2.05, 4.69) is 25.0 Å². The fourth-order valence-electron chi connectivity index (χ4n) is 5.05. The van der Waals surface area contributed by atoms with Crippen LogP contribution in [0.3, 0.4) is 0 Å². The van der Waals surface area contributed by atoms with Crippen LogP contribution in [0.25, 0.3) is 17.1 Å². The van der Waals surface area contributed by atoms with Gasteiger partial charge in [0.15, 0.2) is 0 Å². The number of aromatic amines is 1. The number of fused-ring (bicyclic) bond motifs is 2. The molecule has 2 aliphatic rings. The Balaban J connectivity index is 1.34. The minimum absolute atomic E-state index is 0.0965. The molecular formula is C26H20F3N7O2. The summed E-state index contributed by atoms with van der Waals surface area (Å²) in [5.41, 5.74) is 1.82. The van der Waals surface area contributed by atoms with Crippen LogP contribution in [0.2, 0.25) is 0 Å². The number of carbonyl (C=O) groups excluding carboxylic acids is 1. The smallest absolute Gasteiger partial charge is 0.418 e. The lowest BCUT2D eigenvalue weighted by atomic mass is 9.98. The molecule has 38 heavy (non-hydrogen) atoms. The van der Waals surface area contributed by atoms with Crippen LogP contribution in [0, 0.1) is 0 Å². The minimum atomic E-state index is -4.56. The Morgan fingerprint density at radius 3 is 2.74 bits per heavy atom. The zero-order valence-electron chi connectivity index (χ0n) is 19.8. The number of hydrogen-bond acceptors (Lipinski definition) is 6. The fourth-order valence-corrected chi connectivity index (χ4v) is 5.05. The number of halogens is 3. The lowest BCUT2D eigenvalue weighted by Gasteiger charge is -2.33. The summed E-state index contributed by atoms with van der Waals surface area (Å²) in [6.07, 6.45) is 2.33. The van der Waals surface area contributed by atoms with Crippen molar-refractivity contribution >= 4 is 11.4 Å². The van der Waals surface area contributed by atoms with E-state index in [9.17, 15) is 18.0 Å². The lowest BCUT2D eigenvalue weighted by molar-refractivity contribution is -0.136. The average molecular weight is 519 g/mol. The van der Waals surface area contributed by atoms with Gasteiger partial charge in [0.1, 0.15) is 11.7 Å². The number of carbonyl (C=O) groups is 1. The summed E-state index contributed by atoms with van der Waals surface area (Å²) in [6, 6.07) is 8.22. The highest BCUT2D eigenvalue weighted by molar-refractivity contribution is 5.94. The Morgan fingerprint density at radius 1 is 1.11 bits per heavy atom. The molecule has 7 rings (SSSR count). The summed E-state index contributed by atoms with van der Waals surface area (Å²) in [4.78, 5) is 32.1. The van der Waals surface area contributed by atoms with E-state index < -0.39 is 23.7 Å². The van der Waals surface area contributed by atoms with Crippen molar-refractivity contribution in [2.24, 2.45) is 0 Å². The van der Waals surface area contributed by atoms with Gasteiger partial charge in [0.2, 0.25) is 11.7 Å². The van der Waals surface area contributed by atoms with Crippen molar-refractivity contribution in [1.82, 2.24) is 34.4 Å². The first kappa shape index (κ1) is 22.7. The molecule has 1 amide bonds. The van der Waals surface area contributed by atoms with Gasteiger partial charge in [-0.15, -0.1) is 0 Å². The Hall–Kier alpha value is -4.48. The third-order valence-corrected chi connectivity index (χ3v) is 6.99. The summed E-state index contributed by atoms with van der Waals surface area (Å²) in [7, 11) is 0. The first-order valence-corrected chi connectivity index (χ1v) is 12.2. The average Bonchev–Trinajstić information content (AvgIpc) is 3.30. The molecule has 12 heteroatoms. The zero-order valence-corrected chi connectivity index (χ0v) is 19.8. The first-order valence-electron chi connectivity index (χ1n) is 12.2. The fraction of sp³-hybridized carbons (Fsp3) is 0.269. The van der Waals surface area contributed by atoms with Gasteiger partial charge < -0.3 is 14.3 Å². The summed E-state index contributed by atoms with van der Waals surface area (Å²) in [5.74, 6) is 0.0847. The zero-order chi connectivity index (χ0) is 26.0. The topological polar surface area (TPSA) is 105 Å². The number of H-pyrrole nitrogens is 1. The number of aromatic nitrogens is 6. The minimum Gasteiger partial charge on any atom is -0.429 e.